The van der Waals surface area contributed by atoms with Crippen molar-refractivity contribution >= 4 is 29.1 Å². The van der Waals surface area contributed by atoms with Crippen LogP contribution < -0.4 is 15.0 Å². The first-order valence-electron chi connectivity index (χ1n) is 9.59. The van der Waals surface area contributed by atoms with E-state index >= 15 is 0 Å². The van der Waals surface area contributed by atoms with E-state index in [0.717, 1.165) is 5.56 Å². The minimum atomic E-state index is -0.370. The maximum Gasteiger partial charge on any atom is 0.264 e. The van der Waals surface area contributed by atoms with Gasteiger partial charge < -0.3 is 10.1 Å². The van der Waals surface area contributed by atoms with Crippen molar-refractivity contribution < 1.29 is 14.3 Å². The molecule has 152 valence electrons. The molecule has 0 aliphatic carbocycles. The fourth-order valence-electron chi connectivity index (χ4n) is 3.30. The Morgan fingerprint density at radius 3 is 2.77 bits per heavy atom. The molecule has 3 aromatic rings. The first-order chi connectivity index (χ1) is 14.5. The number of rotatable bonds is 5. The highest BCUT2D eigenvalue weighted by atomic mass is 35.5. The highest BCUT2D eigenvalue weighted by molar-refractivity contribution is 6.31. The average molecular weight is 422 g/mol. The normalized spacial score (nSPS) is 13.5. The third-order valence-corrected chi connectivity index (χ3v) is 5.18. The molecule has 2 amide bonds. The number of halogens is 1. The lowest BCUT2D eigenvalue weighted by molar-refractivity contribution is -0.119. The first kappa shape index (κ1) is 19.9. The minimum Gasteiger partial charge on any atom is -0.436 e. The Morgan fingerprint density at radius 1 is 1.17 bits per heavy atom. The molecular weight excluding hydrogens is 402 g/mol. The zero-order chi connectivity index (χ0) is 21.1. The molecular formula is C23H20ClN3O3. The van der Waals surface area contributed by atoms with Crippen LogP contribution in [0.5, 0.6) is 11.6 Å². The molecule has 1 N–H and O–H groups in total. The Kier molecular flexibility index (Phi) is 5.68. The van der Waals surface area contributed by atoms with Crippen molar-refractivity contribution in [3.8, 4) is 11.6 Å². The van der Waals surface area contributed by atoms with Crippen molar-refractivity contribution in [2.24, 2.45) is 0 Å². The third-order valence-electron chi connectivity index (χ3n) is 4.94. The highest BCUT2D eigenvalue weighted by Crippen LogP contribution is 2.39. The maximum atomic E-state index is 13.2. The number of carbonyl (C=O) groups is 2. The van der Waals surface area contributed by atoms with E-state index in [4.69, 9.17) is 16.3 Å². The van der Waals surface area contributed by atoms with Crippen molar-refractivity contribution in [2.45, 2.75) is 12.8 Å². The average Bonchev–Trinajstić information content (AvgIpc) is 2.88. The van der Waals surface area contributed by atoms with E-state index in [-0.39, 0.29) is 35.7 Å². The molecule has 30 heavy (non-hydrogen) atoms. The smallest absolute Gasteiger partial charge is 0.264 e. The predicted octanol–water partition coefficient (Wildman–Crippen LogP) is 4.41. The number of anilines is 1. The highest BCUT2D eigenvalue weighted by Gasteiger charge is 2.30. The van der Waals surface area contributed by atoms with Gasteiger partial charge in [-0.05, 0) is 41.8 Å². The summed E-state index contributed by atoms with van der Waals surface area (Å²) in [5.41, 5.74) is 1.85. The molecule has 1 aliphatic heterocycles. The number of pyridine rings is 1. The van der Waals surface area contributed by atoms with Crippen LogP contribution in [0.1, 0.15) is 28.8 Å². The molecule has 6 nitrogen and oxygen atoms in total. The van der Waals surface area contributed by atoms with Crippen LogP contribution in [0.2, 0.25) is 5.02 Å². The second-order valence-corrected chi connectivity index (χ2v) is 7.51. The zero-order valence-corrected chi connectivity index (χ0v) is 17.1. The van der Waals surface area contributed by atoms with E-state index in [1.54, 1.807) is 36.5 Å². The van der Waals surface area contributed by atoms with Gasteiger partial charge in [-0.2, -0.15) is 0 Å². The van der Waals surface area contributed by atoms with Gasteiger partial charge in [0.1, 0.15) is 12.1 Å². The maximum absolute atomic E-state index is 13.2. The number of benzene rings is 2. The van der Waals surface area contributed by atoms with Crippen LogP contribution >= 0.6 is 11.6 Å². The zero-order valence-electron chi connectivity index (χ0n) is 16.3. The molecule has 2 aromatic carbocycles. The molecule has 0 fully saturated rings. The second-order valence-electron chi connectivity index (χ2n) is 7.08. The van der Waals surface area contributed by atoms with Crippen LogP contribution in [0.25, 0.3) is 0 Å². The summed E-state index contributed by atoms with van der Waals surface area (Å²) in [6, 6.07) is 18.2. The Labute approximate surface area is 179 Å². The van der Waals surface area contributed by atoms with Crippen molar-refractivity contribution in [3.63, 3.8) is 0 Å². The molecule has 0 unspecified atom stereocenters. The number of nitrogens with zero attached hydrogens (tertiary/aromatic N) is 2. The first-order valence-corrected chi connectivity index (χ1v) is 9.96. The quantitative estimate of drug-likeness (QED) is 0.662. The van der Waals surface area contributed by atoms with Gasteiger partial charge in [-0.25, -0.2) is 4.98 Å². The third kappa shape index (κ3) is 4.14. The van der Waals surface area contributed by atoms with Crippen LogP contribution in [0.15, 0.2) is 66.9 Å². The molecule has 7 heteroatoms. The van der Waals surface area contributed by atoms with Gasteiger partial charge in [0.05, 0.1) is 5.69 Å². The van der Waals surface area contributed by atoms with E-state index < -0.39 is 0 Å². The molecule has 1 aliphatic rings. The summed E-state index contributed by atoms with van der Waals surface area (Å²) in [6.45, 7) is 2.34. The molecule has 4 rings (SSSR count). The standard InChI is InChI=1S/C23H20ClN3O3/c1-15(16-6-3-2-4-7-16)13-26-21(28)14-27-19-12-17(24)9-10-20(19)30-22-18(23(27)29)8-5-11-25-22/h2-12,15H,13-14H2,1H3,(H,26,28)/t15-/m0/s1. The largest absolute Gasteiger partial charge is 0.436 e. The van der Waals surface area contributed by atoms with Gasteiger partial charge in [0.15, 0.2) is 5.75 Å². The fourth-order valence-corrected chi connectivity index (χ4v) is 3.47. The number of carbonyl (C=O) groups excluding carboxylic acids is 2. The number of amides is 2. The van der Waals surface area contributed by atoms with E-state index in [9.17, 15) is 9.59 Å². The van der Waals surface area contributed by atoms with E-state index in [1.165, 1.54) is 4.90 Å². The summed E-state index contributed by atoms with van der Waals surface area (Å²) in [4.78, 5) is 31.4. The number of ether oxygens (including phenoxy) is 1. The van der Waals surface area contributed by atoms with Gasteiger partial charge in [0.2, 0.25) is 11.8 Å². The van der Waals surface area contributed by atoms with Crippen molar-refractivity contribution in [3.05, 3.63) is 83.0 Å². The van der Waals surface area contributed by atoms with Gasteiger partial charge >= 0.3 is 0 Å². The van der Waals surface area contributed by atoms with Crippen LogP contribution in [-0.2, 0) is 4.79 Å². The summed E-state index contributed by atoms with van der Waals surface area (Å²) < 4.78 is 5.83. The van der Waals surface area contributed by atoms with Gasteiger partial charge in [-0.1, -0.05) is 48.9 Å². The van der Waals surface area contributed by atoms with Crippen LogP contribution in [0, 0.1) is 0 Å². The number of hydrogen-bond donors (Lipinski definition) is 1. The van der Waals surface area contributed by atoms with Crippen molar-refractivity contribution in [2.75, 3.05) is 18.0 Å². The van der Waals surface area contributed by atoms with Crippen molar-refractivity contribution in [1.29, 1.82) is 0 Å². The fraction of sp³-hybridized carbons (Fsp3) is 0.174. The monoisotopic (exact) mass is 421 g/mol. The van der Waals surface area contributed by atoms with Gasteiger partial charge in [0, 0.05) is 17.8 Å². The van der Waals surface area contributed by atoms with Gasteiger partial charge in [0.25, 0.3) is 5.91 Å². The number of aromatic nitrogens is 1. The molecule has 0 spiro atoms. The lowest BCUT2D eigenvalue weighted by Crippen LogP contribution is -2.41. The van der Waals surface area contributed by atoms with Crippen LogP contribution in [-0.4, -0.2) is 29.9 Å². The lowest BCUT2D eigenvalue weighted by atomic mass is 10.0. The summed E-state index contributed by atoms with van der Waals surface area (Å²) in [7, 11) is 0. The molecule has 0 bridgehead atoms. The van der Waals surface area contributed by atoms with Gasteiger partial charge in [-0.15, -0.1) is 0 Å². The summed E-state index contributed by atoms with van der Waals surface area (Å²) >= 11 is 6.15. The molecule has 0 saturated carbocycles. The van der Waals surface area contributed by atoms with E-state index in [0.29, 0.717) is 23.0 Å². The minimum absolute atomic E-state index is 0.143. The molecule has 1 aromatic heterocycles. The summed E-state index contributed by atoms with van der Waals surface area (Å²) in [6.07, 6.45) is 1.55. The van der Waals surface area contributed by atoms with Crippen molar-refractivity contribution in [1.82, 2.24) is 10.3 Å². The van der Waals surface area contributed by atoms with E-state index in [1.807, 2.05) is 37.3 Å². The Bertz CT molecular complexity index is 1090. The summed E-state index contributed by atoms with van der Waals surface area (Å²) in [5.74, 6) is 0.113. The predicted molar refractivity (Wildman–Crippen MR) is 115 cm³/mol. The van der Waals surface area contributed by atoms with Gasteiger partial charge in [-0.3, -0.25) is 14.5 Å². The molecule has 0 radical (unpaired) electrons. The lowest BCUT2D eigenvalue weighted by Gasteiger charge is -2.22. The number of hydrogen-bond acceptors (Lipinski definition) is 4. The van der Waals surface area contributed by atoms with E-state index in [2.05, 4.69) is 10.3 Å². The Hall–Kier alpha value is -3.38. The molecule has 2 heterocycles. The van der Waals surface area contributed by atoms with Crippen LogP contribution in [0.4, 0.5) is 5.69 Å². The number of nitrogens with one attached hydrogen (secondary N) is 1. The topological polar surface area (TPSA) is 71.5 Å². The molecule has 0 saturated heterocycles. The molecule has 1 atom stereocenters. The summed E-state index contributed by atoms with van der Waals surface area (Å²) in [5, 5.41) is 3.35. The van der Waals surface area contributed by atoms with Crippen LogP contribution in [0.3, 0.4) is 0 Å². The SMILES string of the molecule is C[C@@H](CNC(=O)CN1C(=O)c2cccnc2Oc2ccc(Cl)cc21)c1ccccc1. The Morgan fingerprint density at radius 2 is 1.97 bits per heavy atom. The number of fused-ring (bicyclic) bond motifs is 2. The Balaban J connectivity index is 1.55. The second kappa shape index (κ2) is 8.55.